The fourth-order valence-electron chi connectivity index (χ4n) is 3.99. The van der Waals surface area contributed by atoms with Gasteiger partial charge in [0, 0.05) is 11.7 Å². The summed E-state index contributed by atoms with van der Waals surface area (Å²) < 4.78 is 6.12. The molecule has 2 aromatic rings. The van der Waals surface area contributed by atoms with Crippen molar-refractivity contribution >= 4 is 11.0 Å². The van der Waals surface area contributed by atoms with Gasteiger partial charge in [0.1, 0.15) is 17.8 Å². The minimum Gasteiger partial charge on any atom is -0.373 e. The number of hydrogen-bond acceptors (Lipinski definition) is 6. The van der Waals surface area contributed by atoms with Crippen molar-refractivity contribution in [3.05, 3.63) is 35.2 Å². The molecule has 2 N–H and O–H groups in total. The zero-order valence-electron chi connectivity index (χ0n) is 14.0. The first-order valence-corrected chi connectivity index (χ1v) is 8.58. The van der Waals surface area contributed by atoms with Crippen LogP contribution in [0.15, 0.2) is 18.3 Å². The maximum atomic E-state index is 9.47. The van der Waals surface area contributed by atoms with Crippen LogP contribution in [-0.4, -0.2) is 27.7 Å². The van der Waals surface area contributed by atoms with Gasteiger partial charge in [-0.3, -0.25) is 4.98 Å². The van der Waals surface area contributed by atoms with Crippen molar-refractivity contribution in [1.29, 1.82) is 10.5 Å². The first kappa shape index (κ1) is 16.0. The van der Waals surface area contributed by atoms with Crippen LogP contribution in [0.2, 0.25) is 0 Å². The summed E-state index contributed by atoms with van der Waals surface area (Å²) in [4.78, 5) is 8.69. The van der Waals surface area contributed by atoms with E-state index in [-0.39, 0.29) is 11.1 Å². The van der Waals surface area contributed by atoms with Crippen LogP contribution in [0.5, 0.6) is 0 Å². The average molecular weight is 333 g/mol. The van der Waals surface area contributed by atoms with Gasteiger partial charge in [-0.25, -0.2) is 4.98 Å². The monoisotopic (exact) mass is 333 g/mol. The lowest BCUT2D eigenvalue weighted by Gasteiger charge is -2.51. The van der Waals surface area contributed by atoms with Crippen molar-refractivity contribution in [3.63, 3.8) is 0 Å². The Hall–Kier alpha value is -2.54. The lowest BCUT2D eigenvalue weighted by atomic mass is 9.70. The molecule has 0 aromatic carbocycles. The van der Waals surface area contributed by atoms with E-state index in [9.17, 15) is 5.26 Å². The van der Waals surface area contributed by atoms with Crippen molar-refractivity contribution in [2.45, 2.75) is 49.7 Å². The Morgan fingerprint density at radius 2 is 1.96 bits per heavy atom. The average Bonchev–Trinajstić information content (AvgIpc) is 2.66. The Morgan fingerprint density at radius 3 is 2.60 bits per heavy atom. The number of aromatic nitrogens is 2. The van der Waals surface area contributed by atoms with Crippen LogP contribution >= 0.6 is 0 Å². The molecule has 2 aromatic heterocycles. The summed E-state index contributed by atoms with van der Waals surface area (Å²) in [5, 5.41) is 18.6. The van der Waals surface area contributed by atoms with Gasteiger partial charge in [0.2, 0.25) is 0 Å². The molecule has 0 amide bonds. The molecule has 25 heavy (non-hydrogen) atoms. The van der Waals surface area contributed by atoms with Gasteiger partial charge in [-0.15, -0.1) is 0 Å². The first-order chi connectivity index (χ1) is 12.1. The summed E-state index contributed by atoms with van der Waals surface area (Å²) in [6.45, 7) is 0.617. The molecule has 6 heteroatoms. The molecule has 2 saturated heterocycles. The van der Waals surface area contributed by atoms with Gasteiger partial charge in [-0.2, -0.15) is 10.5 Å². The highest BCUT2D eigenvalue weighted by molar-refractivity contribution is 5.80. The Bertz CT molecular complexity index is 894. The molecule has 1 saturated carbocycles. The second kappa shape index (κ2) is 5.77. The molecule has 1 aliphatic carbocycles. The van der Waals surface area contributed by atoms with Crippen LogP contribution in [0.25, 0.3) is 11.0 Å². The van der Waals surface area contributed by atoms with Crippen LogP contribution < -0.4 is 5.73 Å². The van der Waals surface area contributed by atoms with Crippen LogP contribution in [0.4, 0.5) is 0 Å². The van der Waals surface area contributed by atoms with Gasteiger partial charge in [0.15, 0.2) is 0 Å². The van der Waals surface area contributed by atoms with E-state index in [1.807, 2.05) is 0 Å². The molecule has 2 aliphatic heterocycles. The Balaban J connectivity index is 1.67. The second-order valence-corrected chi connectivity index (χ2v) is 7.27. The SMILES string of the molecule is N#Cc1ccc2ncc(C#N)c(CCC34CCC(N)(CC3)CO4)c2n1. The quantitative estimate of drug-likeness (QED) is 0.923. The highest BCUT2D eigenvalue weighted by Gasteiger charge is 2.47. The summed E-state index contributed by atoms with van der Waals surface area (Å²) >= 11 is 0. The standard InChI is InChI=1S/C19H19N5O/c20-9-13-11-23-16-2-1-14(10-21)24-17(16)15(13)3-4-19-7-5-18(22,6-8-19)12-25-19/h1-2,11H,3-8,12,22H2. The number of nitriles is 2. The van der Waals surface area contributed by atoms with Gasteiger partial charge in [0.25, 0.3) is 0 Å². The molecule has 0 unspecified atom stereocenters. The topological polar surface area (TPSA) is 109 Å². The summed E-state index contributed by atoms with van der Waals surface area (Å²) in [7, 11) is 0. The summed E-state index contributed by atoms with van der Waals surface area (Å²) in [5.41, 5.74) is 9.08. The van der Waals surface area contributed by atoms with Crippen LogP contribution in [0.3, 0.4) is 0 Å². The van der Waals surface area contributed by atoms with E-state index in [1.165, 1.54) is 0 Å². The van der Waals surface area contributed by atoms with Gasteiger partial charge in [-0.1, -0.05) is 0 Å². The van der Waals surface area contributed by atoms with Gasteiger partial charge in [-0.05, 0) is 56.2 Å². The minimum absolute atomic E-state index is 0.143. The number of nitrogens with two attached hydrogens (primary N) is 1. The van der Waals surface area contributed by atoms with Gasteiger partial charge >= 0.3 is 0 Å². The van der Waals surface area contributed by atoms with E-state index >= 15 is 0 Å². The van der Waals surface area contributed by atoms with E-state index in [0.717, 1.165) is 37.7 Å². The number of fused-ring (bicyclic) bond motifs is 4. The predicted octanol–water partition coefficient (Wildman–Crippen LogP) is 2.35. The van der Waals surface area contributed by atoms with Crippen molar-refractivity contribution < 1.29 is 4.74 Å². The number of aryl methyl sites for hydroxylation is 1. The number of rotatable bonds is 3. The molecule has 5 rings (SSSR count). The van der Waals surface area contributed by atoms with Crippen LogP contribution in [0, 0.1) is 22.7 Å². The molecule has 4 heterocycles. The van der Waals surface area contributed by atoms with Gasteiger partial charge < -0.3 is 10.5 Å². The lowest BCUT2D eigenvalue weighted by molar-refractivity contribution is -0.156. The smallest absolute Gasteiger partial charge is 0.141 e. The zero-order chi connectivity index (χ0) is 17.5. The molecule has 6 nitrogen and oxygen atoms in total. The molecule has 126 valence electrons. The molecular formula is C19H19N5O. The predicted molar refractivity (Wildman–Crippen MR) is 91.4 cm³/mol. The third-order valence-corrected chi connectivity index (χ3v) is 5.71. The second-order valence-electron chi connectivity index (χ2n) is 7.27. The highest BCUT2D eigenvalue weighted by atomic mass is 16.5. The van der Waals surface area contributed by atoms with Crippen molar-refractivity contribution in [3.8, 4) is 12.1 Å². The maximum Gasteiger partial charge on any atom is 0.141 e. The Morgan fingerprint density at radius 1 is 1.16 bits per heavy atom. The van der Waals surface area contributed by atoms with Crippen LogP contribution in [-0.2, 0) is 11.2 Å². The normalized spacial score (nSPS) is 27.8. The van der Waals surface area contributed by atoms with E-state index in [4.69, 9.17) is 15.7 Å². The molecule has 0 radical (unpaired) electrons. The highest BCUT2D eigenvalue weighted by Crippen LogP contribution is 2.45. The molecule has 3 aliphatic rings. The summed E-state index contributed by atoms with van der Waals surface area (Å²) in [5.74, 6) is 0. The number of hydrogen-bond donors (Lipinski definition) is 1. The van der Waals surface area contributed by atoms with Crippen molar-refractivity contribution in [1.82, 2.24) is 9.97 Å². The third-order valence-electron chi connectivity index (χ3n) is 5.71. The fourth-order valence-corrected chi connectivity index (χ4v) is 3.99. The van der Waals surface area contributed by atoms with Gasteiger partial charge in [0.05, 0.1) is 28.8 Å². The molecule has 2 bridgehead atoms. The molecule has 0 atom stereocenters. The number of ether oxygens (including phenoxy) is 1. The zero-order valence-corrected chi connectivity index (χ0v) is 14.0. The lowest BCUT2D eigenvalue weighted by Crippen LogP contribution is -2.59. The van der Waals surface area contributed by atoms with E-state index in [0.29, 0.717) is 35.3 Å². The van der Waals surface area contributed by atoms with Crippen molar-refractivity contribution in [2.75, 3.05) is 6.61 Å². The number of pyridine rings is 2. The Labute approximate surface area is 146 Å². The van der Waals surface area contributed by atoms with E-state index < -0.39 is 0 Å². The fraction of sp³-hybridized carbons (Fsp3) is 0.474. The van der Waals surface area contributed by atoms with Crippen LogP contribution in [0.1, 0.15) is 48.9 Å². The Kier molecular flexibility index (Phi) is 3.68. The summed E-state index contributed by atoms with van der Waals surface area (Å²) in [6, 6.07) is 7.70. The molecule has 0 spiro atoms. The molecule has 3 fully saturated rings. The third kappa shape index (κ3) is 2.74. The van der Waals surface area contributed by atoms with E-state index in [2.05, 4.69) is 22.1 Å². The maximum absolute atomic E-state index is 9.47. The largest absolute Gasteiger partial charge is 0.373 e. The van der Waals surface area contributed by atoms with Crippen molar-refractivity contribution in [2.24, 2.45) is 5.73 Å². The van der Waals surface area contributed by atoms with E-state index in [1.54, 1.807) is 18.3 Å². The minimum atomic E-state index is -0.147. The first-order valence-electron chi connectivity index (χ1n) is 8.58. The summed E-state index contributed by atoms with van der Waals surface area (Å²) in [6.07, 6.45) is 7.02. The number of nitrogens with zero attached hydrogens (tertiary/aromatic N) is 4. The molecular weight excluding hydrogens is 314 g/mol.